The van der Waals surface area contributed by atoms with Crippen molar-refractivity contribution in [2.75, 3.05) is 11.5 Å². The van der Waals surface area contributed by atoms with Crippen molar-refractivity contribution < 1.29 is 8.42 Å². The van der Waals surface area contributed by atoms with Crippen LogP contribution in [0.5, 0.6) is 0 Å². The van der Waals surface area contributed by atoms with Gasteiger partial charge in [-0.2, -0.15) is 0 Å². The molecule has 2 rings (SSSR count). The Kier molecular flexibility index (Phi) is 3.27. The lowest BCUT2D eigenvalue weighted by Crippen LogP contribution is -2.10. The van der Waals surface area contributed by atoms with E-state index in [4.69, 9.17) is 11.6 Å². The minimum absolute atomic E-state index is 0.0642. The van der Waals surface area contributed by atoms with Crippen LogP contribution < -0.4 is 0 Å². The summed E-state index contributed by atoms with van der Waals surface area (Å²) in [5, 5.41) is -0.183. The monoisotopic (exact) mass is 258 g/mol. The van der Waals surface area contributed by atoms with Crippen molar-refractivity contribution in [1.82, 2.24) is 0 Å². The van der Waals surface area contributed by atoms with Gasteiger partial charge in [0.15, 0.2) is 9.84 Å². The average molecular weight is 259 g/mol. The quantitative estimate of drug-likeness (QED) is 0.765. The van der Waals surface area contributed by atoms with E-state index < -0.39 is 9.84 Å². The Morgan fingerprint density at radius 2 is 1.94 bits per heavy atom. The number of hydrogen-bond acceptors (Lipinski definition) is 2. The maximum atomic E-state index is 11.4. The van der Waals surface area contributed by atoms with Crippen LogP contribution in [0.2, 0.25) is 0 Å². The van der Waals surface area contributed by atoms with E-state index in [1.807, 2.05) is 31.2 Å². The Labute approximate surface area is 102 Å². The molecule has 2 atom stereocenters. The van der Waals surface area contributed by atoms with Crippen molar-refractivity contribution in [3.05, 3.63) is 35.4 Å². The Morgan fingerprint density at radius 3 is 2.44 bits per heavy atom. The van der Waals surface area contributed by atoms with Gasteiger partial charge in [0.2, 0.25) is 0 Å². The van der Waals surface area contributed by atoms with Gasteiger partial charge in [-0.25, -0.2) is 8.42 Å². The molecule has 0 amide bonds. The Bertz CT molecular complexity index is 464. The molecule has 1 aliphatic rings. The van der Waals surface area contributed by atoms with E-state index in [9.17, 15) is 8.42 Å². The van der Waals surface area contributed by atoms with Crippen LogP contribution in [-0.2, 0) is 9.84 Å². The maximum absolute atomic E-state index is 11.4. The molecule has 0 radical (unpaired) electrons. The van der Waals surface area contributed by atoms with E-state index in [0.29, 0.717) is 6.42 Å². The zero-order chi connectivity index (χ0) is 11.8. The zero-order valence-electron chi connectivity index (χ0n) is 9.19. The van der Waals surface area contributed by atoms with E-state index in [1.165, 1.54) is 5.56 Å². The van der Waals surface area contributed by atoms with Crippen molar-refractivity contribution in [2.45, 2.75) is 18.7 Å². The molecule has 1 saturated heterocycles. The van der Waals surface area contributed by atoms with E-state index in [2.05, 4.69) is 0 Å². The van der Waals surface area contributed by atoms with Gasteiger partial charge in [0.1, 0.15) is 0 Å². The topological polar surface area (TPSA) is 34.1 Å². The summed E-state index contributed by atoms with van der Waals surface area (Å²) in [7, 11) is -2.84. The first-order valence-electron chi connectivity index (χ1n) is 5.39. The molecule has 0 aliphatic carbocycles. The molecule has 4 heteroatoms. The van der Waals surface area contributed by atoms with Crippen molar-refractivity contribution in [3.63, 3.8) is 0 Å². The second-order valence-corrected chi connectivity index (χ2v) is 7.17. The van der Waals surface area contributed by atoms with Gasteiger partial charge in [0.05, 0.1) is 16.9 Å². The molecule has 16 heavy (non-hydrogen) atoms. The summed E-state index contributed by atoms with van der Waals surface area (Å²) in [5.74, 6) is 0.580. The fourth-order valence-corrected chi connectivity index (χ4v) is 4.38. The summed E-state index contributed by atoms with van der Waals surface area (Å²) in [6.07, 6.45) is 0.685. The maximum Gasteiger partial charge on any atom is 0.150 e. The number of rotatable bonds is 2. The molecule has 1 aromatic carbocycles. The molecular weight excluding hydrogens is 244 g/mol. The zero-order valence-corrected chi connectivity index (χ0v) is 10.8. The first kappa shape index (κ1) is 11.9. The van der Waals surface area contributed by atoms with Crippen LogP contribution in [0.3, 0.4) is 0 Å². The predicted octanol–water partition coefficient (Wildman–Crippen LogP) is 2.71. The molecule has 0 saturated carbocycles. The van der Waals surface area contributed by atoms with Gasteiger partial charge in [-0.1, -0.05) is 29.8 Å². The number of hydrogen-bond donors (Lipinski definition) is 0. The third kappa shape index (κ3) is 2.58. The number of aryl methyl sites for hydroxylation is 1. The standard InChI is InChI=1S/C12H15ClO2S/c1-9-2-4-10(5-3-9)12(13)11-6-7-16(14,15)8-11/h2-5,11-12H,6-8H2,1H3. The van der Waals surface area contributed by atoms with Crippen molar-refractivity contribution in [3.8, 4) is 0 Å². The third-order valence-corrected chi connectivity index (χ3v) is 5.48. The summed E-state index contributed by atoms with van der Waals surface area (Å²) >= 11 is 6.33. The highest BCUT2D eigenvalue weighted by atomic mass is 35.5. The molecule has 0 spiro atoms. The molecule has 2 unspecified atom stereocenters. The van der Waals surface area contributed by atoms with E-state index in [-0.39, 0.29) is 22.8 Å². The smallest absolute Gasteiger partial charge is 0.150 e. The molecule has 1 aliphatic heterocycles. The van der Waals surface area contributed by atoms with Gasteiger partial charge in [-0.3, -0.25) is 0 Å². The van der Waals surface area contributed by atoms with Gasteiger partial charge in [0.25, 0.3) is 0 Å². The predicted molar refractivity (Wildman–Crippen MR) is 66.5 cm³/mol. The third-order valence-electron chi connectivity index (χ3n) is 3.08. The number of alkyl halides is 1. The Balaban J connectivity index is 2.14. The second kappa shape index (κ2) is 4.38. The minimum atomic E-state index is -2.84. The molecule has 0 N–H and O–H groups in total. The molecule has 0 bridgehead atoms. The number of halogens is 1. The van der Waals surface area contributed by atoms with E-state index in [1.54, 1.807) is 0 Å². The highest BCUT2D eigenvalue weighted by molar-refractivity contribution is 7.91. The van der Waals surface area contributed by atoms with Crippen LogP contribution in [0, 0.1) is 12.8 Å². The van der Waals surface area contributed by atoms with Crippen LogP contribution in [0.15, 0.2) is 24.3 Å². The molecule has 1 fully saturated rings. The highest BCUT2D eigenvalue weighted by Gasteiger charge is 2.33. The van der Waals surface area contributed by atoms with E-state index in [0.717, 1.165) is 5.56 Å². The van der Waals surface area contributed by atoms with Crippen LogP contribution in [0.4, 0.5) is 0 Å². The molecule has 1 aromatic rings. The van der Waals surface area contributed by atoms with Crippen LogP contribution in [0.1, 0.15) is 22.9 Å². The molecule has 1 heterocycles. The van der Waals surface area contributed by atoms with E-state index >= 15 is 0 Å². The summed E-state index contributed by atoms with van der Waals surface area (Å²) in [6, 6.07) is 7.98. The van der Waals surface area contributed by atoms with Gasteiger partial charge in [0, 0.05) is 0 Å². The van der Waals surface area contributed by atoms with Gasteiger partial charge in [-0.05, 0) is 24.8 Å². The van der Waals surface area contributed by atoms with Crippen molar-refractivity contribution >= 4 is 21.4 Å². The molecule has 2 nitrogen and oxygen atoms in total. The SMILES string of the molecule is Cc1ccc(C(Cl)C2CCS(=O)(=O)C2)cc1. The number of sulfone groups is 1. The van der Waals surface area contributed by atoms with Gasteiger partial charge in [-0.15, -0.1) is 11.6 Å². The second-order valence-electron chi connectivity index (χ2n) is 4.48. The summed E-state index contributed by atoms with van der Waals surface area (Å²) in [5.41, 5.74) is 2.21. The first-order valence-corrected chi connectivity index (χ1v) is 7.65. The van der Waals surface area contributed by atoms with Gasteiger partial charge >= 0.3 is 0 Å². The fourth-order valence-electron chi connectivity index (χ4n) is 2.08. The van der Waals surface area contributed by atoms with Crippen LogP contribution >= 0.6 is 11.6 Å². The molecule has 88 valence electrons. The Morgan fingerprint density at radius 1 is 1.31 bits per heavy atom. The Hall–Kier alpha value is -0.540. The lowest BCUT2D eigenvalue weighted by atomic mass is 9.97. The molecule has 0 aromatic heterocycles. The van der Waals surface area contributed by atoms with Gasteiger partial charge < -0.3 is 0 Å². The molecular formula is C12H15ClO2S. The van der Waals surface area contributed by atoms with Crippen molar-refractivity contribution in [2.24, 2.45) is 5.92 Å². The number of benzene rings is 1. The average Bonchev–Trinajstić information content (AvgIpc) is 2.59. The first-order chi connectivity index (χ1) is 7.48. The fraction of sp³-hybridized carbons (Fsp3) is 0.500. The van der Waals surface area contributed by atoms with Crippen molar-refractivity contribution in [1.29, 1.82) is 0 Å². The summed E-state index contributed by atoms with van der Waals surface area (Å²) in [6.45, 7) is 2.02. The lowest BCUT2D eigenvalue weighted by molar-refractivity contribution is 0.569. The normalized spacial score (nSPS) is 25.5. The van der Waals surface area contributed by atoms with Crippen LogP contribution in [-0.4, -0.2) is 19.9 Å². The summed E-state index contributed by atoms with van der Waals surface area (Å²) < 4.78 is 22.7. The lowest BCUT2D eigenvalue weighted by Gasteiger charge is -2.15. The van der Waals surface area contributed by atoms with Crippen LogP contribution in [0.25, 0.3) is 0 Å². The minimum Gasteiger partial charge on any atom is -0.229 e. The highest BCUT2D eigenvalue weighted by Crippen LogP contribution is 2.36. The largest absolute Gasteiger partial charge is 0.229 e. The summed E-state index contributed by atoms with van der Waals surface area (Å²) in [4.78, 5) is 0.